The first-order valence-electron chi connectivity index (χ1n) is 10.6. The number of piperidine rings is 1. The van der Waals surface area contributed by atoms with Gasteiger partial charge in [-0.3, -0.25) is 9.59 Å². The number of ether oxygens (including phenoxy) is 2. The Morgan fingerprint density at radius 1 is 1.00 bits per heavy atom. The number of hydrogen-bond donors (Lipinski definition) is 1. The van der Waals surface area contributed by atoms with Crippen molar-refractivity contribution in [3.63, 3.8) is 0 Å². The maximum Gasteiger partial charge on any atom is 0.271 e. The number of rotatable bonds is 6. The summed E-state index contributed by atoms with van der Waals surface area (Å²) < 4.78 is 25.0. The predicted octanol–water partition coefficient (Wildman–Crippen LogP) is 3.24. The molecule has 1 amide bonds. The molecule has 4 rings (SSSR count). The lowest BCUT2D eigenvalue weighted by atomic mass is 9.96. The van der Waals surface area contributed by atoms with E-state index in [0.29, 0.717) is 54.6 Å². The SMILES string of the molecule is COc1cc(NC(=O)C2CCN(c3ccc(=O)n(-c4ccc(F)cc4)n3)CC2)cc(OC)c1. The zero-order valence-electron chi connectivity index (χ0n) is 18.5. The Morgan fingerprint density at radius 3 is 2.24 bits per heavy atom. The quantitative estimate of drug-likeness (QED) is 0.618. The topological polar surface area (TPSA) is 85.7 Å². The smallest absolute Gasteiger partial charge is 0.271 e. The van der Waals surface area contributed by atoms with E-state index >= 15 is 0 Å². The van der Waals surface area contributed by atoms with Crippen LogP contribution < -0.4 is 25.2 Å². The fourth-order valence-electron chi connectivity index (χ4n) is 3.83. The second-order valence-electron chi connectivity index (χ2n) is 7.77. The predicted molar refractivity (Wildman–Crippen MR) is 123 cm³/mol. The van der Waals surface area contributed by atoms with Crippen LogP contribution in [-0.4, -0.2) is 43.0 Å². The molecule has 8 nitrogen and oxygen atoms in total. The number of methoxy groups -OCH3 is 2. The van der Waals surface area contributed by atoms with Gasteiger partial charge in [-0.2, -0.15) is 4.68 Å². The highest BCUT2D eigenvalue weighted by Gasteiger charge is 2.26. The van der Waals surface area contributed by atoms with Crippen LogP contribution in [-0.2, 0) is 4.79 Å². The van der Waals surface area contributed by atoms with E-state index < -0.39 is 0 Å². The molecule has 172 valence electrons. The molecule has 1 aliphatic rings. The first-order chi connectivity index (χ1) is 16.0. The normalized spacial score (nSPS) is 14.1. The number of halogens is 1. The number of carbonyl (C=O) groups excluding carboxylic acids is 1. The second kappa shape index (κ2) is 9.72. The number of aromatic nitrogens is 2. The van der Waals surface area contributed by atoms with Gasteiger partial charge in [0.15, 0.2) is 0 Å². The number of benzene rings is 2. The number of nitrogens with zero attached hydrogens (tertiary/aromatic N) is 3. The van der Waals surface area contributed by atoms with Gasteiger partial charge in [0.2, 0.25) is 5.91 Å². The summed E-state index contributed by atoms with van der Waals surface area (Å²) in [6.45, 7) is 1.24. The molecule has 2 aromatic carbocycles. The average molecular weight is 452 g/mol. The summed E-state index contributed by atoms with van der Waals surface area (Å²) in [4.78, 5) is 27.1. The largest absolute Gasteiger partial charge is 0.497 e. The van der Waals surface area contributed by atoms with Crippen molar-refractivity contribution < 1.29 is 18.7 Å². The fourth-order valence-corrected chi connectivity index (χ4v) is 3.83. The molecule has 2 heterocycles. The minimum absolute atomic E-state index is 0.0609. The first-order valence-corrected chi connectivity index (χ1v) is 10.6. The third-order valence-corrected chi connectivity index (χ3v) is 5.67. The molecular formula is C24H25FN4O4. The molecule has 0 radical (unpaired) electrons. The van der Waals surface area contributed by atoms with E-state index in [0.717, 1.165) is 0 Å². The Hall–Kier alpha value is -3.88. The highest BCUT2D eigenvalue weighted by atomic mass is 19.1. The summed E-state index contributed by atoms with van der Waals surface area (Å²) >= 11 is 0. The lowest BCUT2D eigenvalue weighted by Gasteiger charge is -2.32. The molecule has 0 bridgehead atoms. The van der Waals surface area contributed by atoms with Crippen LogP contribution in [0, 0.1) is 11.7 Å². The van der Waals surface area contributed by atoms with E-state index in [9.17, 15) is 14.0 Å². The molecule has 1 aromatic heterocycles. The Labute approximate surface area is 190 Å². The summed E-state index contributed by atoms with van der Waals surface area (Å²) in [6, 6.07) is 14.0. The van der Waals surface area contributed by atoms with Crippen molar-refractivity contribution in [1.82, 2.24) is 9.78 Å². The van der Waals surface area contributed by atoms with Gasteiger partial charge in [0, 0.05) is 49.0 Å². The van der Waals surface area contributed by atoms with Crippen LogP contribution in [0.15, 0.2) is 59.4 Å². The lowest BCUT2D eigenvalue weighted by Crippen LogP contribution is -2.39. The van der Waals surface area contributed by atoms with E-state index in [4.69, 9.17) is 9.47 Å². The molecule has 1 N–H and O–H groups in total. The van der Waals surface area contributed by atoms with Crippen molar-refractivity contribution in [3.05, 3.63) is 70.8 Å². The van der Waals surface area contributed by atoms with E-state index in [-0.39, 0.29) is 23.2 Å². The van der Waals surface area contributed by atoms with Crippen molar-refractivity contribution in [2.45, 2.75) is 12.8 Å². The molecule has 3 aromatic rings. The molecule has 33 heavy (non-hydrogen) atoms. The van der Waals surface area contributed by atoms with Gasteiger partial charge in [0.25, 0.3) is 5.56 Å². The van der Waals surface area contributed by atoms with Crippen LogP contribution in [0.3, 0.4) is 0 Å². The second-order valence-corrected chi connectivity index (χ2v) is 7.77. The van der Waals surface area contributed by atoms with E-state index in [1.165, 1.54) is 35.0 Å². The van der Waals surface area contributed by atoms with Gasteiger partial charge in [0.1, 0.15) is 23.1 Å². The number of carbonyl (C=O) groups is 1. The fraction of sp³-hybridized carbons (Fsp3) is 0.292. The van der Waals surface area contributed by atoms with Crippen molar-refractivity contribution in [2.24, 2.45) is 5.92 Å². The summed E-state index contributed by atoms with van der Waals surface area (Å²) in [6.07, 6.45) is 1.29. The molecule has 9 heteroatoms. The van der Waals surface area contributed by atoms with Crippen molar-refractivity contribution in [2.75, 3.05) is 37.5 Å². The summed E-state index contributed by atoms with van der Waals surface area (Å²) in [7, 11) is 3.12. The Kier molecular flexibility index (Phi) is 6.58. The van der Waals surface area contributed by atoms with Gasteiger partial charge >= 0.3 is 0 Å². The van der Waals surface area contributed by atoms with Gasteiger partial charge in [-0.1, -0.05) is 0 Å². The molecule has 0 saturated carbocycles. The molecule has 1 fully saturated rings. The maximum absolute atomic E-state index is 13.2. The maximum atomic E-state index is 13.2. The minimum Gasteiger partial charge on any atom is -0.497 e. The lowest BCUT2D eigenvalue weighted by molar-refractivity contribution is -0.120. The van der Waals surface area contributed by atoms with Crippen LogP contribution in [0.5, 0.6) is 11.5 Å². The molecule has 0 unspecified atom stereocenters. The zero-order chi connectivity index (χ0) is 23.4. The molecule has 1 saturated heterocycles. The Morgan fingerprint density at radius 2 is 1.64 bits per heavy atom. The monoisotopic (exact) mass is 452 g/mol. The van der Waals surface area contributed by atoms with Gasteiger partial charge in [-0.25, -0.2) is 4.39 Å². The van der Waals surface area contributed by atoms with Crippen molar-refractivity contribution in [1.29, 1.82) is 0 Å². The third-order valence-electron chi connectivity index (χ3n) is 5.67. The first kappa shape index (κ1) is 22.3. The Balaban J connectivity index is 1.42. The van der Waals surface area contributed by atoms with Crippen LogP contribution in [0.4, 0.5) is 15.9 Å². The van der Waals surface area contributed by atoms with Gasteiger partial charge in [0.05, 0.1) is 19.9 Å². The van der Waals surface area contributed by atoms with Crippen LogP contribution >= 0.6 is 0 Å². The van der Waals surface area contributed by atoms with Crippen molar-refractivity contribution >= 4 is 17.4 Å². The molecule has 0 atom stereocenters. The highest BCUT2D eigenvalue weighted by Crippen LogP contribution is 2.28. The Bertz CT molecular complexity index is 1170. The zero-order valence-corrected chi connectivity index (χ0v) is 18.5. The van der Waals surface area contributed by atoms with Crippen LogP contribution in [0.2, 0.25) is 0 Å². The number of anilines is 2. The molecular weight excluding hydrogens is 427 g/mol. The minimum atomic E-state index is -0.379. The average Bonchev–Trinajstić information content (AvgIpc) is 2.84. The summed E-state index contributed by atoms with van der Waals surface area (Å²) in [5, 5.41) is 7.40. The molecule has 0 aliphatic carbocycles. The highest BCUT2D eigenvalue weighted by molar-refractivity contribution is 5.93. The number of hydrogen-bond acceptors (Lipinski definition) is 6. The summed E-state index contributed by atoms with van der Waals surface area (Å²) in [5.41, 5.74) is 0.811. The number of amides is 1. The van der Waals surface area contributed by atoms with E-state index in [2.05, 4.69) is 10.4 Å². The number of nitrogens with one attached hydrogen (secondary N) is 1. The molecule has 0 spiro atoms. The third kappa shape index (κ3) is 5.14. The molecule has 1 aliphatic heterocycles. The van der Waals surface area contributed by atoms with E-state index in [1.807, 2.05) is 4.90 Å². The van der Waals surface area contributed by atoms with Crippen LogP contribution in [0.1, 0.15) is 12.8 Å². The van der Waals surface area contributed by atoms with Gasteiger partial charge in [-0.05, 0) is 43.2 Å². The van der Waals surface area contributed by atoms with Crippen LogP contribution in [0.25, 0.3) is 5.69 Å². The van der Waals surface area contributed by atoms with E-state index in [1.54, 1.807) is 38.5 Å². The van der Waals surface area contributed by atoms with Gasteiger partial charge in [-0.15, -0.1) is 5.10 Å². The summed E-state index contributed by atoms with van der Waals surface area (Å²) in [5.74, 6) is 1.24. The van der Waals surface area contributed by atoms with Crippen molar-refractivity contribution in [3.8, 4) is 17.2 Å². The van der Waals surface area contributed by atoms with Gasteiger partial charge < -0.3 is 19.7 Å². The standard InChI is InChI=1S/C24H25FN4O4/c1-32-20-13-18(14-21(15-20)33-2)26-24(31)16-9-11-28(12-10-16)22-7-8-23(30)29(27-22)19-5-3-17(25)4-6-19/h3-8,13-16H,9-12H2,1-2H3,(H,26,31).